The monoisotopic (exact) mass is 367 g/mol. The topological polar surface area (TPSA) is 64.1 Å². The van der Waals surface area contributed by atoms with Gasteiger partial charge < -0.3 is 10.1 Å². The molecule has 3 aromatic rings. The number of carbonyl (C=O) groups is 1. The van der Waals surface area contributed by atoms with E-state index in [1.54, 1.807) is 0 Å². The number of hydrogen-bond donors (Lipinski definition) is 1. The molecule has 26 heavy (non-hydrogen) atoms. The van der Waals surface area contributed by atoms with Gasteiger partial charge in [0, 0.05) is 0 Å². The van der Waals surface area contributed by atoms with Crippen molar-refractivity contribution in [2.24, 2.45) is 0 Å². The number of aromatic nitrogens is 2. The van der Waals surface area contributed by atoms with Gasteiger partial charge in [-0.25, -0.2) is 9.97 Å². The van der Waals surface area contributed by atoms with Crippen LogP contribution in [0, 0.1) is 6.92 Å². The summed E-state index contributed by atoms with van der Waals surface area (Å²) in [5.41, 5.74) is 3.18. The fourth-order valence-corrected chi connectivity index (χ4v) is 3.36. The van der Waals surface area contributed by atoms with E-state index >= 15 is 0 Å². The summed E-state index contributed by atoms with van der Waals surface area (Å²) in [7, 11) is 0. The van der Waals surface area contributed by atoms with Crippen molar-refractivity contribution >= 4 is 34.4 Å². The number of hydrogen-bond acceptors (Lipinski definition) is 5. The van der Waals surface area contributed by atoms with Gasteiger partial charge in [0.1, 0.15) is 10.8 Å². The molecular formula is C20H21N3O2S. The summed E-state index contributed by atoms with van der Waals surface area (Å²) < 4.78 is 5.56. The van der Waals surface area contributed by atoms with E-state index in [9.17, 15) is 4.79 Å². The zero-order chi connectivity index (χ0) is 18.5. The Balaban J connectivity index is 1.75. The molecule has 1 unspecified atom stereocenters. The highest BCUT2D eigenvalue weighted by Crippen LogP contribution is 2.28. The first kappa shape index (κ1) is 18.2. The van der Waals surface area contributed by atoms with Crippen molar-refractivity contribution in [1.29, 1.82) is 0 Å². The molecule has 0 radical (unpaired) electrons. The number of ether oxygens (including phenoxy) is 1. The smallest absolute Gasteiger partial charge is 0.237 e. The Labute approximate surface area is 157 Å². The summed E-state index contributed by atoms with van der Waals surface area (Å²) in [6, 6.07) is 15.2. The van der Waals surface area contributed by atoms with Crippen LogP contribution in [0.1, 0.15) is 19.5 Å². The molecule has 1 N–H and O–H groups in total. The molecule has 3 rings (SSSR count). The number of benzene rings is 2. The third-order valence-corrected chi connectivity index (χ3v) is 4.98. The van der Waals surface area contributed by atoms with E-state index in [0.717, 1.165) is 21.8 Å². The molecule has 134 valence electrons. The molecule has 6 heteroatoms. The molecule has 0 bridgehead atoms. The number of rotatable bonds is 6. The van der Waals surface area contributed by atoms with Crippen molar-refractivity contribution in [1.82, 2.24) is 9.97 Å². The van der Waals surface area contributed by atoms with Gasteiger partial charge in [0.2, 0.25) is 5.91 Å². The van der Waals surface area contributed by atoms with Gasteiger partial charge in [-0.05, 0) is 45.0 Å². The molecule has 5 nitrogen and oxygen atoms in total. The number of fused-ring (bicyclic) bond motifs is 1. The molecule has 0 saturated heterocycles. The Hall–Kier alpha value is -2.60. The summed E-state index contributed by atoms with van der Waals surface area (Å²) in [5, 5.41) is 3.39. The molecule has 0 saturated carbocycles. The van der Waals surface area contributed by atoms with E-state index in [1.807, 2.05) is 69.3 Å². The van der Waals surface area contributed by atoms with E-state index in [4.69, 9.17) is 4.74 Å². The highest BCUT2D eigenvalue weighted by Gasteiger charge is 2.18. The van der Waals surface area contributed by atoms with Crippen molar-refractivity contribution < 1.29 is 9.53 Å². The number of aryl methyl sites for hydroxylation is 1. The molecule has 1 heterocycles. The number of nitrogens with zero attached hydrogens (tertiary/aromatic N) is 2. The fraction of sp³-hybridized carbons (Fsp3) is 0.250. The average Bonchev–Trinajstić information content (AvgIpc) is 2.64. The largest absolute Gasteiger partial charge is 0.492 e. The van der Waals surface area contributed by atoms with E-state index in [2.05, 4.69) is 15.3 Å². The van der Waals surface area contributed by atoms with Crippen molar-refractivity contribution in [2.75, 3.05) is 11.9 Å². The van der Waals surface area contributed by atoms with E-state index in [0.29, 0.717) is 18.0 Å². The van der Waals surface area contributed by atoms with Gasteiger partial charge in [-0.1, -0.05) is 36.0 Å². The fourth-order valence-electron chi connectivity index (χ4n) is 2.49. The van der Waals surface area contributed by atoms with Gasteiger partial charge in [0.05, 0.1) is 34.3 Å². The minimum absolute atomic E-state index is 0.100. The van der Waals surface area contributed by atoms with Crippen molar-refractivity contribution in [3.05, 3.63) is 54.2 Å². The second-order valence-electron chi connectivity index (χ2n) is 5.78. The maximum Gasteiger partial charge on any atom is 0.237 e. The normalized spacial score (nSPS) is 12.0. The Morgan fingerprint density at radius 1 is 1.12 bits per heavy atom. The van der Waals surface area contributed by atoms with Crippen LogP contribution in [0.4, 0.5) is 5.69 Å². The number of thioether (sulfide) groups is 1. The lowest BCUT2D eigenvalue weighted by Crippen LogP contribution is -2.23. The Morgan fingerprint density at radius 3 is 2.50 bits per heavy atom. The lowest BCUT2D eigenvalue weighted by atomic mass is 10.3. The summed E-state index contributed by atoms with van der Waals surface area (Å²) in [6.45, 7) is 6.23. The van der Waals surface area contributed by atoms with Crippen LogP contribution in [0.25, 0.3) is 11.0 Å². The van der Waals surface area contributed by atoms with Crippen LogP contribution in [0.5, 0.6) is 5.75 Å². The number of amides is 1. The van der Waals surface area contributed by atoms with Crippen LogP contribution in [-0.4, -0.2) is 27.7 Å². The molecule has 1 aromatic heterocycles. The maximum absolute atomic E-state index is 12.6. The van der Waals surface area contributed by atoms with Gasteiger partial charge in [0.15, 0.2) is 0 Å². The SMILES string of the molecule is CCOc1ccccc1NC(=O)C(C)Sc1nc2ccccc2nc1C. The van der Waals surface area contributed by atoms with E-state index in [-0.39, 0.29) is 11.2 Å². The molecule has 0 aliphatic heterocycles. The average molecular weight is 367 g/mol. The summed E-state index contributed by atoms with van der Waals surface area (Å²) >= 11 is 1.41. The second kappa shape index (κ2) is 8.19. The van der Waals surface area contributed by atoms with Gasteiger partial charge in [-0.2, -0.15) is 0 Å². The van der Waals surface area contributed by atoms with Crippen LogP contribution < -0.4 is 10.1 Å². The molecular weight excluding hydrogens is 346 g/mol. The minimum atomic E-state index is -0.321. The molecule has 1 amide bonds. The molecule has 0 aliphatic carbocycles. The predicted molar refractivity (Wildman–Crippen MR) is 106 cm³/mol. The van der Waals surface area contributed by atoms with Crippen molar-refractivity contribution in [3.63, 3.8) is 0 Å². The quantitative estimate of drug-likeness (QED) is 0.652. The third-order valence-electron chi connectivity index (χ3n) is 3.80. The third kappa shape index (κ3) is 4.14. The maximum atomic E-state index is 12.6. The predicted octanol–water partition coefficient (Wildman–Crippen LogP) is 4.46. The number of para-hydroxylation sites is 4. The highest BCUT2D eigenvalue weighted by molar-refractivity contribution is 8.00. The van der Waals surface area contributed by atoms with E-state index < -0.39 is 0 Å². The van der Waals surface area contributed by atoms with Gasteiger partial charge in [0.25, 0.3) is 0 Å². The van der Waals surface area contributed by atoms with Crippen molar-refractivity contribution in [2.45, 2.75) is 31.0 Å². The highest BCUT2D eigenvalue weighted by atomic mass is 32.2. The first-order valence-corrected chi connectivity index (χ1v) is 9.39. The van der Waals surface area contributed by atoms with Crippen LogP contribution in [-0.2, 0) is 4.79 Å². The van der Waals surface area contributed by atoms with Crippen LogP contribution in [0.2, 0.25) is 0 Å². The zero-order valence-corrected chi connectivity index (χ0v) is 15.8. The van der Waals surface area contributed by atoms with Crippen LogP contribution >= 0.6 is 11.8 Å². The number of nitrogens with one attached hydrogen (secondary N) is 1. The summed E-state index contributed by atoms with van der Waals surface area (Å²) in [5.74, 6) is 0.568. The van der Waals surface area contributed by atoms with Gasteiger partial charge in [-0.15, -0.1) is 0 Å². The number of anilines is 1. The number of carbonyl (C=O) groups excluding carboxylic acids is 1. The first-order chi connectivity index (χ1) is 12.6. The van der Waals surface area contributed by atoms with Crippen molar-refractivity contribution in [3.8, 4) is 5.75 Å². The Bertz CT molecular complexity index is 930. The molecule has 0 fully saturated rings. The van der Waals surface area contributed by atoms with Gasteiger partial charge >= 0.3 is 0 Å². The van der Waals surface area contributed by atoms with Gasteiger partial charge in [-0.3, -0.25) is 4.79 Å². The Morgan fingerprint density at radius 2 is 1.77 bits per heavy atom. The summed E-state index contributed by atoms with van der Waals surface area (Å²) in [4.78, 5) is 21.8. The Kier molecular flexibility index (Phi) is 5.73. The van der Waals surface area contributed by atoms with Crippen LogP contribution in [0.15, 0.2) is 53.6 Å². The second-order valence-corrected chi connectivity index (χ2v) is 7.11. The summed E-state index contributed by atoms with van der Waals surface area (Å²) in [6.07, 6.45) is 0. The lowest BCUT2D eigenvalue weighted by molar-refractivity contribution is -0.115. The molecule has 0 spiro atoms. The van der Waals surface area contributed by atoms with Crippen LogP contribution in [0.3, 0.4) is 0 Å². The molecule has 2 aromatic carbocycles. The van der Waals surface area contributed by atoms with E-state index in [1.165, 1.54) is 11.8 Å². The minimum Gasteiger partial charge on any atom is -0.492 e. The molecule has 0 aliphatic rings. The molecule has 1 atom stereocenters. The first-order valence-electron chi connectivity index (χ1n) is 8.51. The standard InChI is InChI=1S/C20H21N3O2S/c1-4-25-18-12-8-7-11-17(18)22-19(24)14(3)26-20-13(2)21-15-9-5-6-10-16(15)23-20/h5-12,14H,4H2,1-3H3,(H,22,24). The lowest BCUT2D eigenvalue weighted by Gasteiger charge is -2.15. The zero-order valence-electron chi connectivity index (χ0n) is 15.0.